The molecule has 10 heteroatoms. The molecule has 4 aliphatic rings. The van der Waals surface area contributed by atoms with Gasteiger partial charge in [0.1, 0.15) is 6.10 Å². The molecule has 228 valence electrons. The minimum Gasteiger partial charge on any atom is -0.445 e. The molecule has 0 radical (unpaired) electrons. The van der Waals surface area contributed by atoms with Crippen LogP contribution in [0.4, 0.5) is 9.59 Å². The van der Waals surface area contributed by atoms with Gasteiger partial charge < -0.3 is 39.2 Å². The number of rotatable bonds is 11. The number of hydrogen-bond donors (Lipinski definition) is 2. The van der Waals surface area contributed by atoms with Crippen molar-refractivity contribution in [3.8, 4) is 0 Å². The molecule has 41 heavy (non-hydrogen) atoms. The molecule has 0 spiro atoms. The van der Waals surface area contributed by atoms with Gasteiger partial charge in [-0.2, -0.15) is 0 Å². The number of hydrogen-bond acceptors (Lipinski definition) is 7. The standard InChI is InChI=1S/C31H47N3O7/c1-20(2)15-34(31(37)33-11-9-22(10-12-33)17-38-3)16-27(35)26(13-21-7-5-4-6-8-21)32-30(36)41-28-23-14-24-25(28)19-40-29(24)39-18-23/h4-8,20,22-29,35H,9-19H2,1-3H3,(H,32,36)/t23?,24?,25?,26-,27?,28?,29?/m0/s1. The van der Waals surface area contributed by atoms with Gasteiger partial charge in [-0.25, -0.2) is 9.59 Å². The molecule has 2 N–H and O–H groups in total. The maximum atomic E-state index is 13.6. The van der Waals surface area contributed by atoms with Gasteiger partial charge in [-0.3, -0.25) is 0 Å². The summed E-state index contributed by atoms with van der Waals surface area (Å²) in [4.78, 5) is 30.5. The largest absolute Gasteiger partial charge is 0.445 e. The lowest BCUT2D eigenvalue weighted by atomic mass is 9.98. The van der Waals surface area contributed by atoms with Gasteiger partial charge in [0.2, 0.25) is 0 Å². The Bertz CT molecular complexity index is 1000. The van der Waals surface area contributed by atoms with Gasteiger partial charge in [0.15, 0.2) is 6.29 Å². The number of aliphatic hydroxyl groups is 1. The molecule has 7 atom stereocenters. The lowest BCUT2D eigenvalue weighted by Crippen LogP contribution is -2.54. The van der Waals surface area contributed by atoms with Crippen molar-refractivity contribution in [3.05, 3.63) is 35.9 Å². The molecule has 4 fully saturated rings. The van der Waals surface area contributed by atoms with E-state index in [-0.39, 0.29) is 48.6 Å². The fourth-order valence-electron chi connectivity index (χ4n) is 7.06. The summed E-state index contributed by atoms with van der Waals surface area (Å²) in [5, 5.41) is 14.5. The first-order valence-electron chi connectivity index (χ1n) is 15.3. The molecule has 1 aromatic rings. The number of carbonyl (C=O) groups excluding carboxylic acids is 2. The van der Waals surface area contributed by atoms with Gasteiger partial charge in [-0.1, -0.05) is 44.2 Å². The van der Waals surface area contributed by atoms with Crippen molar-refractivity contribution in [2.24, 2.45) is 29.6 Å². The van der Waals surface area contributed by atoms with Gasteiger partial charge in [0.05, 0.1) is 31.9 Å². The zero-order valence-corrected chi connectivity index (χ0v) is 24.7. The van der Waals surface area contributed by atoms with Crippen molar-refractivity contribution < 1.29 is 33.6 Å². The van der Waals surface area contributed by atoms with Crippen LogP contribution < -0.4 is 5.32 Å². The maximum absolute atomic E-state index is 13.6. The molecule has 3 saturated heterocycles. The fourth-order valence-corrected chi connectivity index (χ4v) is 7.06. The first-order valence-corrected chi connectivity index (χ1v) is 15.3. The van der Waals surface area contributed by atoms with Crippen LogP contribution in [-0.2, 0) is 25.4 Å². The van der Waals surface area contributed by atoms with Crippen molar-refractivity contribution in [1.82, 2.24) is 15.1 Å². The molecule has 3 amide bonds. The molecule has 1 aromatic carbocycles. The average Bonchev–Trinajstić information content (AvgIpc) is 3.49. The van der Waals surface area contributed by atoms with Crippen LogP contribution in [0.5, 0.6) is 0 Å². The second-order valence-electron chi connectivity index (χ2n) is 12.7. The van der Waals surface area contributed by atoms with E-state index in [0.717, 1.165) is 24.8 Å². The lowest BCUT2D eigenvalue weighted by Gasteiger charge is -2.38. The second kappa shape index (κ2) is 13.7. The molecule has 10 nitrogen and oxygen atoms in total. The van der Waals surface area contributed by atoms with Crippen molar-refractivity contribution in [1.29, 1.82) is 0 Å². The number of benzene rings is 1. The van der Waals surface area contributed by atoms with Crippen molar-refractivity contribution in [2.75, 3.05) is 53.1 Å². The second-order valence-corrected chi connectivity index (χ2v) is 12.7. The summed E-state index contributed by atoms with van der Waals surface area (Å²) < 4.78 is 22.9. The van der Waals surface area contributed by atoms with Crippen molar-refractivity contribution in [3.63, 3.8) is 0 Å². The van der Waals surface area contributed by atoms with Gasteiger partial charge >= 0.3 is 12.1 Å². The van der Waals surface area contributed by atoms with Gasteiger partial charge in [-0.05, 0) is 43.1 Å². The summed E-state index contributed by atoms with van der Waals surface area (Å²) in [7, 11) is 1.71. The van der Waals surface area contributed by atoms with E-state index in [1.165, 1.54) is 0 Å². The van der Waals surface area contributed by atoms with Crippen LogP contribution in [0.3, 0.4) is 0 Å². The normalized spacial score (nSPS) is 28.9. The number of likely N-dealkylation sites (tertiary alicyclic amines) is 1. The Kier molecular flexibility index (Phi) is 10.1. The number of nitrogens with one attached hydrogen (secondary N) is 1. The molecule has 1 saturated carbocycles. The molecule has 2 bridgehead atoms. The van der Waals surface area contributed by atoms with Crippen LogP contribution in [0.25, 0.3) is 0 Å². The Morgan fingerprint density at radius 3 is 2.54 bits per heavy atom. The highest BCUT2D eigenvalue weighted by molar-refractivity contribution is 5.74. The molecule has 6 unspecified atom stereocenters. The molecule has 0 aromatic heterocycles. The zero-order chi connectivity index (χ0) is 28.9. The third-order valence-electron chi connectivity index (χ3n) is 9.15. The third kappa shape index (κ3) is 7.34. The number of nitrogens with zero attached hydrogens (tertiary/aromatic N) is 2. The van der Waals surface area contributed by atoms with Crippen molar-refractivity contribution >= 4 is 12.1 Å². The van der Waals surface area contributed by atoms with E-state index in [1.807, 2.05) is 35.2 Å². The average molecular weight is 574 g/mol. The number of alkyl carbamates (subject to hydrolysis) is 1. The first-order chi connectivity index (χ1) is 19.8. The van der Waals surface area contributed by atoms with E-state index < -0.39 is 18.2 Å². The van der Waals surface area contributed by atoms with E-state index in [4.69, 9.17) is 18.9 Å². The number of fused-ring (bicyclic) bond motifs is 1. The highest BCUT2D eigenvalue weighted by atomic mass is 16.7. The van der Waals surface area contributed by atoms with Crippen LogP contribution in [-0.4, -0.2) is 105 Å². The lowest BCUT2D eigenvalue weighted by molar-refractivity contribution is -0.169. The number of aliphatic hydroxyl groups excluding tert-OH is 1. The van der Waals surface area contributed by atoms with Crippen molar-refractivity contribution in [2.45, 2.75) is 64.1 Å². The van der Waals surface area contributed by atoms with Crippen LogP contribution in [0, 0.1) is 29.6 Å². The van der Waals surface area contributed by atoms with E-state index in [2.05, 4.69) is 19.2 Å². The Morgan fingerprint density at radius 2 is 1.83 bits per heavy atom. The number of piperidine rings is 1. The van der Waals surface area contributed by atoms with E-state index >= 15 is 0 Å². The highest BCUT2D eigenvalue weighted by Gasteiger charge is 2.56. The number of ether oxygens (including phenoxy) is 4. The Balaban J connectivity index is 1.24. The van der Waals surface area contributed by atoms with Gasteiger partial charge in [-0.15, -0.1) is 0 Å². The number of methoxy groups -OCH3 is 1. The molecule has 1 aliphatic carbocycles. The predicted molar refractivity (Wildman–Crippen MR) is 152 cm³/mol. The van der Waals surface area contributed by atoms with E-state index in [1.54, 1.807) is 12.0 Å². The number of urea groups is 1. The quantitative estimate of drug-likeness (QED) is 0.419. The number of amides is 3. The van der Waals surface area contributed by atoms with Crippen LogP contribution in [0.1, 0.15) is 38.7 Å². The predicted octanol–water partition coefficient (Wildman–Crippen LogP) is 3.13. The summed E-state index contributed by atoms with van der Waals surface area (Å²) >= 11 is 0. The molecule has 3 heterocycles. The summed E-state index contributed by atoms with van der Waals surface area (Å²) in [6, 6.07) is 9.06. The third-order valence-corrected chi connectivity index (χ3v) is 9.15. The van der Waals surface area contributed by atoms with Crippen LogP contribution >= 0.6 is 0 Å². The topological polar surface area (TPSA) is 110 Å². The molecule has 5 rings (SSSR count). The van der Waals surface area contributed by atoms with Crippen LogP contribution in [0.2, 0.25) is 0 Å². The van der Waals surface area contributed by atoms with Crippen LogP contribution in [0.15, 0.2) is 30.3 Å². The molecular weight excluding hydrogens is 526 g/mol. The zero-order valence-electron chi connectivity index (χ0n) is 24.7. The fraction of sp³-hybridized carbons (Fsp3) is 0.742. The monoisotopic (exact) mass is 573 g/mol. The summed E-state index contributed by atoms with van der Waals surface area (Å²) in [6.45, 7) is 7.89. The summed E-state index contributed by atoms with van der Waals surface area (Å²) in [5.74, 6) is 1.27. The van der Waals surface area contributed by atoms with E-state index in [0.29, 0.717) is 51.8 Å². The minimum absolute atomic E-state index is 0.0660. The Morgan fingerprint density at radius 1 is 1.10 bits per heavy atom. The summed E-state index contributed by atoms with van der Waals surface area (Å²) in [5.41, 5.74) is 0.982. The highest BCUT2D eigenvalue weighted by Crippen LogP contribution is 2.49. The Hall–Kier alpha value is -2.40. The number of carbonyl (C=O) groups is 2. The maximum Gasteiger partial charge on any atom is 0.407 e. The summed E-state index contributed by atoms with van der Waals surface area (Å²) in [6.07, 6.45) is 1.19. The molecular formula is C31H47N3O7. The SMILES string of the molecule is COCC1CCN(C(=O)N(CC(C)C)CC(O)[C@H](Cc2ccccc2)NC(=O)OC2C3COC4OCC2C4C3)CC1. The Labute approximate surface area is 243 Å². The smallest absolute Gasteiger partial charge is 0.407 e. The minimum atomic E-state index is -0.984. The van der Waals surface area contributed by atoms with Gasteiger partial charge in [0, 0.05) is 51.1 Å². The molecule has 3 aliphatic heterocycles. The van der Waals surface area contributed by atoms with Gasteiger partial charge in [0.25, 0.3) is 0 Å². The van der Waals surface area contributed by atoms with E-state index in [9.17, 15) is 14.7 Å². The first kappa shape index (κ1) is 30.1.